The highest BCUT2D eigenvalue weighted by molar-refractivity contribution is 6.30. The van der Waals surface area contributed by atoms with E-state index in [2.05, 4.69) is 15.3 Å². The Kier molecular flexibility index (Phi) is 3.39. The number of rotatable bonds is 3. The first kappa shape index (κ1) is 12.7. The summed E-state index contributed by atoms with van der Waals surface area (Å²) in [6.07, 6.45) is 5.48. The molecule has 0 unspecified atom stereocenters. The van der Waals surface area contributed by atoms with E-state index in [-0.39, 0.29) is 12.3 Å². The van der Waals surface area contributed by atoms with Gasteiger partial charge < -0.3 is 10.3 Å². The molecule has 0 aliphatic heterocycles. The standard InChI is InChI=1S/C15H12ClN3O/c16-12-3-1-2-10(6-12)7-14(20)19-13-9-17-8-11-4-5-18-15(11)13/h1-6,8-9,18H,7H2,(H,19,20). The summed E-state index contributed by atoms with van der Waals surface area (Å²) in [6, 6.07) is 9.19. The number of anilines is 1. The highest BCUT2D eigenvalue weighted by Crippen LogP contribution is 2.20. The Labute approximate surface area is 120 Å². The predicted molar refractivity (Wildman–Crippen MR) is 79.9 cm³/mol. The van der Waals surface area contributed by atoms with Gasteiger partial charge in [-0.3, -0.25) is 9.78 Å². The van der Waals surface area contributed by atoms with Crippen LogP contribution in [0.2, 0.25) is 5.02 Å². The molecule has 5 heteroatoms. The van der Waals surface area contributed by atoms with Crippen molar-refractivity contribution in [1.82, 2.24) is 9.97 Å². The number of carbonyl (C=O) groups excluding carboxylic acids is 1. The van der Waals surface area contributed by atoms with Crippen LogP contribution in [-0.4, -0.2) is 15.9 Å². The first-order valence-corrected chi connectivity index (χ1v) is 6.55. The molecule has 0 saturated heterocycles. The van der Waals surface area contributed by atoms with Crippen LogP contribution in [0.4, 0.5) is 5.69 Å². The Hall–Kier alpha value is -2.33. The number of pyridine rings is 1. The van der Waals surface area contributed by atoms with E-state index in [1.54, 1.807) is 24.5 Å². The molecule has 0 saturated carbocycles. The van der Waals surface area contributed by atoms with E-state index >= 15 is 0 Å². The average molecular weight is 286 g/mol. The Balaban J connectivity index is 1.77. The van der Waals surface area contributed by atoms with Gasteiger partial charge in [-0.05, 0) is 23.8 Å². The second-order valence-corrected chi connectivity index (χ2v) is 4.92. The van der Waals surface area contributed by atoms with Crippen molar-refractivity contribution in [1.29, 1.82) is 0 Å². The van der Waals surface area contributed by atoms with Crippen molar-refractivity contribution in [2.24, 2.45) is 0 Å². The van der Waals surface area contributed by atoms with Crippen molar-refractivity contribution >= 4 is 34.1 Å². The fraction of sp³-hybridized carbons (Fsp3) is 0.0667. The first-order valence-electron chi connectivity index (χ1n) is 6.18. The van der Waals surface area contributed by atoms with Crippen molar-refractivity contribution in [3.8, 4) is 0 Å². The molecule has 0 bridgehead atoms. The minimum absolute atomic E-state index is 0.101. The van der Waals surface area contributed by atoms with Gasteiger partial charge in [-0.25, -0.2) is 0 Å². The number of aromatic amines is 1. The summed E-state index contributed by atoms with van der Waals surface area (Å²) in [5.74, 6) is -0.101. The van der Waals surface area contributed by atoms with Gasteiger partial charge in [0.15, 0.2) is 0 Å². The van der Waals surface area contributed by atoms with Crippen LogP contribution < -0.4 is 5.32 Å². The predicted octanol–water partition coefficient (Wildman–Crippen LogP) is 3.40. The van der Waals surface area contributed by atoms with Crippen LogP contribution in [-0.2, 0) is 11.2 Å². The molecule has 0 aliphatic rings. The molecule has 3 rings (SSSR count). The summed E-state index contributed by atoms with van der Waals surface area (Å²) in [4.78, 5) is 19.3. The fourth-order valence-electron chi connectivity index (χ4n) is 2.10. The number of hydrogen-bond acceptors (Lipinski definition) is 2. The number of hydrogen-bond donors (Lipinski definition) is 2. The van der Waals surface area contributed by atoms with Crippen LogP contribution in [0.25, 0.3) is 10.9 Å². The molecule has 1 aromatic carbocycles. The first-order chi connectivity index (χ1) is 9.72. The SMILES string of the molecule is O=C(Cc1cccc(Cl)c1)Nc1cncc2cc[nH]c12. The lowest BCUT2D eigenvalue weighted by molar-refractivity contribution is -0.115. The van der Waals surface area contributed by atoms with E-state index < -0.39 is 0 Å². The molecule has 2 aromatic heterocycles. The lowest BCUT2D eigenvalue weighted by Crippen LogP contribution is -2.14. The Bertz CT molecular complexity index is 766. The van der Waals surface area contributed by atoms with E-state index in [0.29, 0.717) is 10.7 Å². The second-order valence-electron chi connectivity index (χ2n) is 4.48. The van der Waals surface area contributed by atoms with Gasteiger partial charge in [0.1, 0.15) is 0 Å². The number of carbonyl (C=O) groups is 1. The van der Waals surface area contributed by atoms with Gasteiger partial charge in [-0.2, -0.15) is 0 Å². The molecule has 0 fully saturated rings. The third kappa shape index (κ3) is 2.65. The molecular weight excluding hydrogens is 274 g/mol. The van der Waals surface area contributed by atoms with Gasteiger partial charge in [-0.1, -0.05) is 23.7 Å². The van der Waals surface area contributed by atoms with Crippen molar-refractivity contribution in [2.45, 2.75) is 6.42 Å². The van der Waals surface area contributed by atoms with Gasteiger partial charge in [0.25, 0.3) is 0 Å². The smallest absolute Gasteiger partial charge is 0.228 e. The van der Waals surface area contributed by atoms with E-state index in [1.807, 2.05) is 24.4 Å². The van der Waals surface area contributed by atoms with Crippen LogP contribution in [0, 0.1) is 0 Å². The summed E-state index contributed by atoms with van der Waals surface area (Å²) < 4.78 is 0. The Morgan fingerprint density at radius 3 is 3.05 bits per heavy atom. The minimum Gasteiger partial charge on any atom is -0.359 e. The number of H-pyrrole nitrogens is 1. The molecule has 1 amide bonds. The summed E-state index contributed by atoms with van der Waals surface area (Å²) in [6.45, 7) is 0. The van der Waals surface area contributed by atoms with Gasteiger partial charge in [0, 0.05) is 22.8 Å². The average Bonchev–Trinajstić information content (AvgIpc) is 2.88. The number of halogens is 1. The quantitative estimate of drug-likeness (QED) is 0.775. The Morgan fingerprint density at radius 1 is 1.30 bits per heavy atom. The van der Waals surface area contributed by atoms with Gasteiger partial charge >= 0.3 is 0 Å². The van der Waals surface area contributed by atoms with Gasteiger partial charge in [-0.15, -0.1) is 0 Å². The van der Waals surface area contributed by atoms with Crippen molar-refractivity contribution in [3.05, 3.63) is 59.5 Å². The molecule has 2 N–H and O–H groups in total. The molecule has 100 valence electrons. The lowest BCUT2D eigenvalue weighted by atomic mass is 10.1. The number of aromatic nitrogens is 2. The zero-order chi connectivity index (χ0) is 13.9. The maximum Gasteiger partial charge on any atom is 0.228 e. The highest BCUT2D eigenvalue weighted by Gasteiger charge is 2.08. The van der Waals surface area contributed by atoms with Crippen LogP contribution >= 0.6 is 11.6 Å². The molecule has 0 aliphatic carbocycles. The van der Waals surface area contributed by atoms with Crippen LogP contribution in [0.3, 0.4) is 0 Å². The normalized spacial score (nSPS) is 10.7. The molecule has 4 nitrogen and oxygen atoms in total. The largest absolute Gasteiger partial charge is 0.359 e. The zero-order valence-electron chi connectivity index (χ0n) is 10.6. The maximum absolute atomic E-state index is 12.1. The van der Waals surface area contributed by atoms with E-state index in [9.17, 15) is 4.79 Å². The molecule has 0 atom stereocenters. The molecule has 20 heavy (non-hydrogen) atoms. The third-order valence-corrected chi connectivity index (χ3v) is 3.23. The molecule has 2 heterocycles. The monoisotopic (exact) mass is 285 g/mol. The van der Waals surface area contributed by atoms with Crippen molar-refractivity contribution < 1.29 is 4.79 Å². The van der Waals surface area contributed by atoms with Crippen LogP contribution in [0.1, 0.15) is 5.56 Å². The lowest BCUT2D eigenvalue weighted by Gasteiger charge is -2.06. The molecule has 0 spiro atoms. The van der Waals surface area contributed by atoms with E-state index in [1.165, 1.54) is 0 Å². The number of nitrogens with one attached hydrogen (secondary N) is 2. The number of nitrogens with zero attached hydrogens (tertiary/aromatic N) is 1. The maximum atomic E-state index is 12.1. The van der Waals surface area contributed by atoms with Crippen LogP contribution in [0.5, 0.6) is 0 Å². The molecule has 3 aromatic rings. The number of amides is 1. The fourth-order valence-corrected chi connectivity index (χ4v) is 2.31. The Morgan fingerprint density at radius 2 is 2.20 bits per heavy atom. The topological polar surface area (TPSA) is 57.8 Å². The molecular formula is C15H12ClN3O. The number of fused-ring (bicyclic) bond motifs is 1. The highest BCUT2D eigenvalue weighted by atomic mass is 35.5. The second kappa shape index (κ2) is 5.35. The minimum atomic E-state index is -0.101. The van der Waals surface area contributed by atoms with E-state index in [4.69, 9.17) is 11.6 Å². The van der Waals surface area contributed by atoms with Crippen LogP contribution in [0.15, 0.2) is 48.9 Å². The summed E-state index contributed by atoms with van der Waals surface area (Å²) in [5, 5.41) is 4.45. The zero-order valence-corrected chi connectivity index (χ0v) is 11.3. The van der Waals surface area contributed by atoms with E-state index in [0.717, 1.165) is 16.5 Å². The van der Waals surface area contributed by atoms with Crippen molar-refractivity contribution in [3.63, 3.8) is 0 Å². The number of benzene rings is 1. The summed E-state index contributed by atoms with van der Waals surface area (Å²) in [7, 11) is 0. The van der Waals surface area contributed by atoms with Crippen molar-refractivity contribution in [2.75, 3.05) is 5.32 Å². The molecule has 0 radical (unpaired) electrons. The summed E-state index contributed by atoms with van der Waals surface area (Å²) >= 11 is 5.91. The third-order valence-electron chi connectivity index (χ3n) is 2.99. The van der Waals surface area contributed by atoms with Gasteiger partial charge in [0.2, 0.25) is 5.91 Å². The summed E-state index contributed by atoms with van der Waals surface area (Å²) in [5.41, 5.74) is 2.43. The van der Waals surface area contributed by atoms with Gasteiger partial charge in [0.05, 0.1) is 23.8 Å².